The molecule has 36 heavy (non-hydrogen) atoms. The topological polar surface area (TPSA) is 91.2 Å². The zero-order valence-corrected chi connectivity index (χ0v) is 20.6. The summed E-state index contributed by atoms with van der Waals surface area (Å²) in [4.78, 5) is 30.4. The average Bonchev–Trinajstić information content (AvgIpc) is 2.93. The molecule has 3 aromatic rings. The van der Waals surface area contributed by atoms with Crippen LogP contribution in [0.5, 0.6) is 0 Å². The van der Waals surface area contributed by atoms with E-state index in [9.17, 15) is 14.9 Å². The average molecular weight is 506 g/mol. The lowest BCUT2D eigenvalue weighted by molar-refractivity contribution is -0.384. The first-order chi connectivity index (χ1) is 17.5. The van der Waals surface area contributed by atoms with Gasteiger partial charge in [0.2, 0.25) is 0 Å². The molecular formula is C26H27N5O4S. The van der Waals surface area contributed by atoms with Gasteiger partial charge in [0.05, 0.1) is 18.1 Å². The summed E-state index contributed by atoms with van der Waals surface area (Å²) in [5.74, 6) is -0.218. The molecule has 3 aromatic carbocycles. The molecule has 0 aliphatic carbocycles. The van der Waals surface area contributed by atoms with Gasteiger partial charge in [-0.15, -0.1) is 0 Å². The largest absolute Gasteiger partial charge is 0.378 e. The summed E-state index contributed by atoms with van der Waals surface area (Å²) in [6.07, 6.45) is 0. The minimum Gasteiger partial charge on any atom is -0.378 e. The van der Waals surface area contributed by atoms with Crippen molar-refractivity contribution in [1.29, 1.82) is 0 Å². The second-order valence-electron chi connectivity index (χ2n) is 8.79. The monoisotopic (exact) mass is 505 g/mol. The van der Waals surface area contributed by atoms with Gasteiger partial charge in [0.25, 0.3) is 11.6 Å². The van der Waals surface area contributed by atoms with Gasteiger partial charge in [-0.2, -0.15) is 0 Å². The van der Waals surface area contributed by atoms with E-state index < -0.39 is 0 Å². The Hall–Kier alpha value is -3.76. The minimum atomic E-state index is -0.330. The van der Waals surface area contributed by atoms with Crippen molar-refractivity contribution in [2.24, 2.45) is 0 Å². The Morgan fingerprint density at radius 2 is 1.64 bits per heavy atom. The van der Waals surface area contributed by atoms with Gasteiger partial charge in [0, 0.05) is 56.6 Å². The number of hydrogen-bond donors (Lipinski definition) is 1. The van der Waals surface area contributed by atoms with E-state index >= 15 is 0 Å². The summed E-state index contributed by atoms with van der Waals surface area (Å²) in [7, 11) is 0. The van der Waals surface area contributed by atoms with Crippen LogP contribution in [0.2, 0.25) is 0 Å². The molecule has 2 saturated heterocycles. The normalized spacial score (nSPS) is 16.2. The number of nitrogens with one attached hydrogen (secondary N) is 1. The number of thiocarbonyl (C=S) groups is 1. The summed E-state index contributed by atoms with van der Waals surface area (Å²) in [6.45, 7) is 5.02. The molecule has 2 aliphatic heterocycles. The van der Waals surface area contributed by atoms with E-state index in [1.165, 1.54) is 0 Å². The van der Waals surface area contributed by atoms with E-state index in [0.29, 0.717) is 68.8 Å². The highest BCUT2D eigenvalue weighted by molar-refractivity contribution is 7.80. The molecule has 5 rings (SSSR count). The Morgan fingerprint density at radius 1 is 0.917 bits per heavy atom. The maximum atomic E-state index is 13.0. The molecule has 0 radical (unpaired) electrons. The van der Waals surface area contributed by atoms with E-state index in [1.54, 1.807) is 18.2 Å². The predicted octanol–water partition coefficient (Wildman–Crippen LogP) is 3.42. The summed E-state index contributed by atoms with van der Waals surface area (Å²) in [6, 6.07) is 18.7. The number of hydrogen-bond acceptors (Lipinski definition) is 7. The van der Waals surface area contributed by atoms with Crippen LogP contribution in [0.1, 0.15) is 10.4 Å². The van der Waals surface area contributed by atoms with Gasteiger partial charge in [-0.05, 0) is 41.2 Å². The Morgan fingerprint density at radius 3 is 2.39 bits per heavy atom. The van der Waals surface area contributed by atoms with Gasteiger partial charge >= 0.3 is 0 Å². The van der Waals surface area contributed by atoms with Gasteiger partial charge in [-0.3, -0.25) is 20.2 Å². The van der Waals surface area contributed by atoms with Gasteiger partial charge < -0.3 is 19.4 Å². The Balaban J connectivity index is 1.24. The molecule has 9 nitrogen and oxygen atoms in total. The number of benzene rings is 3. The van der Waals surface area contributed by atoms with Crippen LogP contribution in [0, 0.1) is 10.1 Å². The molecule has 0 unspecified atom stereocenters. The lowest BCUT2D eigenvalue weighted by atomic mass is 10.0. The molecule has 1 N–H and O–H groups in total. The molecule has 0 aromatic heterocycles. The number of nitro groups is 1. The predicted molar refractivity (Wildman–Crippen MR) is 144 cm³/mol. The Kier molecular flexibility index (Phi) is 6.97. The number of morpholine rings is 1. The first-order valence-corrected chi connectivity index (χ1v) is 12.4. The molecule has 0 bridgehead atoms. The number of nitro benzene ring substituents is 1. The van der Waals surface area contributed by atoms with E-state index in [0.717, 1.165) is 16.5 Å². The molecule has 10 heteroatoms. The van der Waals surface area contributed by atoms with Crippen LogP contribution in [0.4, 0.5) is 17.1 Å². The first-order valence-electron chi connectivity index (χ1n) is 12.0. The first kappa shape index (κ1) is 24.0. The number of fused-ring (bicyclic) bond motifs is 1. The van der Waals surface area contributed by atoms with Crippen LogP contribution < -0.4 is 15.1 Å². The Bertz CT molecular complexity index is 1300. The van der Waals surface area contributed by atoms with Gasteiger partial charge in [0.1, 0.15) is 5.69 Å². The van der Waals surface area contributed by atoms with Crippen molar-refractivity contribution >= 4 is 51.1 Å². The van der Waals surface area contributed by atoms with E-state index in [1.807, 2.05) is 52.3 Å². The zero-order valence-electron chi connectivity index (χ0n) is 19.8. The molecule has 0 saturated carbocycles. The minimum absolute atomic E-state index is 0.108. The summed E-state index contributed by atoms with van der Waals surface area (Å²) < 4.78 is 5.41. The van der Waals surface area contributed by atoms with Crippen molar-refractivity contribution in [2.75, 3.05) is 62.3 Å². The van der Waals surface area contributed by atoms with Crippen molar-refractivity contribution in [2.45, 2.75) is 0 Å². The molecular weight excluding hydrogens is 478 g/mol. The fourth-order valence-corrected chi connectivity index (χ4v) is 5.03. The number of anilines is 2. The number of amides is 1. The van der Waals surface area contributed by atoms with E-state index in [2.05, 4.69) is 10.2 Å². The SMILES string of the molecule is O=C(NC(=S)N1CCN(c2ccc([N+](=O)[O-])c(N3CCOCC3)c2)CC1)c1cccc2ccccc12. The second kappa shape index (κ2) is 10.5. The number of piperazine rings is 1. The standard InChI is InChI=1S/C26H27N5O4S/c32-25(22-7-3-5-19-4-1-2-6-21(19)22)27-26(36)30-12-10-28(11-13-30)20-8-9-23(31(33)34)24(18-20)29-14-16-35-17-15-29/h1-9,18H,10-17H2,(H,27,32,36). The van der Waals surface area contributed by atoms with E-state index in [-0.39, 0.29) is 16.5 Å². The molecule has 2 aliphatic rings. The third kappa shape index (κ3) is 4.95. The van der Waals surface area contributed by atoms with Crippen LogP contribution >= 0.6 is 12.2 Å². The summed E-state index contributed by atoms with van der Waals surface area (Å²) >= 11 is 5.56. The molecule has 186 valence electrons. The fraction of sp³-hybridized carbons (Fsp3) is 0.308. The number of carbonyl (C=O) groups is 1. The highest BCUT2D eigenvalue weighted by atomic mass is 32.1. The van der Waals surface area contributed by atoms with Crippen molar-refractivity contribution in [3.8, 4) is 0 Å². The van der Waals surface area contributed by atoms with Crippen LogP contribution in [0.25, 0.3) is 10.8 Å². The lowest BCUT2D eigenvalue weighted by Crippen LogP contribution is -2.52. The quantitative estimate of drug-likeness (QED) is 0.328. The van der Waals surface area contributed by atoms with Crippen molar-refractivity contribution in [3.05, 3.63) is 76.3 Å². The third-order valence-corrected chi connectivity index (χ3v) is 7.05. The molecule has 1 amide bonds. The summed E-state index contributed by atoms with van der Waals surface area (Å²) in [5.41, 5.74) is 2.26. The number of nitrogens with zero attached hydrogens (tertiary/aromatic N) is 4. The second-order valence-corrected chi connectivity index (χ2v) is 9.18. The van der Waals surface area contributed by atoms with Crippen molar-refractivity contribution < 1.29 is 14.5 Å². The van der Waals surface area contributed by atoms with Crippen LogP contribution in [0.15, 0.2) is 60.7 Å². The van der Waals surface area contributed by atoms with Gasteiger partial charge in [0.15, 0.2) is 5.11 Å². The molecule has 2 fully saturated rings. The number of rotatable bonds is 4. The third-order valence-electron chi connectivity index (χ3n) is 6.69. The summed E-state index contributed by atoms with van der Waals surface area (Å²) in [5, 5.41) is 16.8. The molecule has 0 spiro atoms. The number of carbonyl (C=O) groups excluding carboxylic acids is 1. The Labute approximate surface area is 214 Å². The zero-order chi connectivity index (χ0) is 25.1. The highest BCUT2D eigenvalue weighted by Gasteiger charge is 2.25. The maximum absolute atomic E-state index is 13.0. The van der Waals surface area contributed by atoms with Crippen LogP contribution in [-0.4, -0.2) is 73.3 Å². The van der Waals surface area contributed by atoms with Gasteiger partial charge in [-0.25, -0.2) is 0 Å². The van der Waals surface area contributed by atoms with Gasteiger partial charge in [-0.1, -0.05) is 36.4 Å². The smallest absolute Gasteiger partial charge is 0.292 e. The van der Waals surface area contributed by atoms with Crippen molar-refractivity contribution in [1.82, 2.24) is 10.2 Å². The van der Waals surface area contributed by atoms with Crippen molar-refractivity contribution in [3.63, 3.8) is 0 Å². The van der Waals surface area contributed by atoms with Crippen LogP contribution in [0.3, 0.4) is 0 Å². The number of ether oxygens (including phenoxy) is 1. The fourth-order valence-electron chi connectivity index (χ4n) is 4.76. The molecule has 0 atom stereocenters. The van der Waals surface area contributed by atoms with Crippen LogP contribution in [-0.2, 0) is 4.74 Å². The lowest BCUT2D eigenvalue weighted by Gasteiger charge is -2.37. The van der Waals surface area contributed by atoms with E-state index in [4.69, 9.17) is 17.0 Å². The maximum Gasteiger partial charge on any atom is 0.292 e. The molecule has 2 heterocycles. The highest BCUT2D eigenvalue weighted by Crippen LogP contribution is 2.33.